The Morgan fingerprint density at radius 1 is 0.478 bits per heavy atom. The van der Waals surface area contributed by atoms with Crippen molar-refractivity contribution in [2.45, 2.75) is 41.5 Å². The van der Waals surface area contributed by atoms with Crippen molar-refractivity contribution < 1.29 is 21.7 Å². The molecule has 0 heterocycles. The summed E-state index contributed by atoms with van der Waals surface area (Å²) in [6, 6.07) is 0. The predicted molar refractivity (Wildman–Crippen MR) is 96.2 cm³/mol. The summed E-state index contributed by atoms with van der Waals surface area (Å²) >= 11 is 0. The molecule has 0 aromatic rings. The first-order valence-electron chi connectivity index (χ1n) is 7.33. The minimum atomic E-state index is -0.0417. The van der Waals surface area contributed by atoms with Gasteiger partial charge in [0.1, 0.15) is 0 Å². The average Bonchev–Trinajstić information content (AvgIpc) is 3.15. The van der Waals surface area contributed by atoms with Gasteiger partial charge in [-0.15, -0.1) is 0 Å². The third-order valence-corrected chi connectivity index (χ3v) is 1.86. The van der Waals surface area contributed by atoms with E-state index in [2.05, 4.69) is 11.8 Å². The van der Waals surface area contributed by atoms with Gasteiger partial charge in [0, 0.05) is 0 Å². The van der Waals surface area contributed by atoms with Gasteiger partial charge in [-0.05, 0) is 75.0 Å². The van der Waals surface area contributed by atoms with Gasteiger partial charge in [-0.3, -0.25) is 0 Å². The van der Waals surface area contributed by atoms with Crippen LogP contribution in [0.2, 0.25) is 0 Å². The fourth-order valence-electron chi connectivity index (χ4n) is 0.642. The van der Waals surface area contributed by atoms with Crippen molar-refractivity contribution in [1.29, 1.82) is 0 Å². The van der Waals surface area contributed by atoms with E-state index in [4.69, 9.17) is 12.8 Å². The fraction of sp³-hybridized carbons (Fsp3) is 0.364. The molecule has 0 spiro atoms. The Kier molecular flexibility index (Phi) is 20.1. The zero-order chi connectivity index (χ0) is 17.5. The second-order valence-corrected chi connectivity index (χ2v) is 6.67. The van der Waals surface area contributed by atoms with Crippen LogP contribution < -0.4 is 0 Å². The molecule has 0 N–H and O–H groups in total. The summed E-state index contributed by atoms with van der Waals surface area (Å²) in [6.45, 7) is 11.7. The quantitative estimate of drug-likeness (QED) is 0.319. The molecule has 2 aliphatic carbocycles. The van der Waals surface area contributed by atoms with Crippen molar-refractivity contribution in [3.63, 3.8) is 0 Å². The minimum absolute atomic E-state index is 0. The smallest absolute Gasteiger partial charge is 0.693 e. The topological polar surface area (TPSA) is 0 Å². The van der Waals surface area contributed by atoms with E-state index in [9.17, 15) is 0 Å². The van der Waals surface area contributed by atoms with E-state index in [0.717, 1.165) is 0 Å². The van der Waals surface area contributed by atoms with Crippen molar-refractivity contribution in [3.05, 3.63) is 77.1 Å². The van der Waals surface area contributed by atoms with Crippen LogP contribution in [0.25, 0.3) is 0 Å². The SMILES string of the molecule is [C-]#CC(C)(C)C.[C-]#CC(C)(C)C.[CH]1[CH][CH][CH][CH]1.[CH]1[CH][CH][CH][CH]1.[Ti+4]. The van der Waals surface area contributed by atoms with Crippen LogP contribution in [0.3, 0.4) is 0 Å². The van der Waals surface area contributed by atoms with Crippen LogP contribution in [0, 0.1) is 99.7 Å². The molecule has 10 radical (unpaired) electrons. The third-order valence-electron chi connectivity index (χ3n) is 1.86. The molecule has 0 saturated heterocycles. The zero-order valence-electron chi connectivity index (χ0n) is 15.3. The Labute approximate surface area is 162 Å². The van der Waals surface area contributed by atoms with Gasteiger partial charge < -0.3 is 24.7 Å². The standard InChI is InChI=1S/2C6H9.2C5H5.Ti/c2*1-5-6(2,3)4;2*1-2-4-5-3-1;/h2*2-4H3;2*1-5H;/q2*-1;;;+4. The third kappa shape index (κ3) is 34.3. The number of rotatable bonds is 0. The molecule has 2 fully saturated rings. The van der Waals surface area contributed by atoms with Gasteiger partial charge in [0.15, 0.2) is 0 Å². The van der Waals surface area contributed by atoms with Gasteiger partial charge in [-0.2, -0.15) is 0 Å². The van der Waals surface area contributed by atoms with Crippen LogP contribution in [0.1, 0.15) is 41.5 Å². The molecule has 0 amide bonds. The number of hydrogen-bond donors (Lipinski definition) is 0. The van der Waals surface area contributed by atoms with Gasteiger partial charge in [0.2, 0.25) is 0 Å². The summed E-state index contributed by atoms with van der Waals surface area (Å²) in [5, 5.41) is 0. The molecule has 0 aliphatic heterocycles. The predicted octanol–water partition coefficient (Wildman–Crippen LogP) is 5.28. The molecular weight excluding hydrogens is 312 g/mol. The molecule has 0 aromatic heterocycles. The molecule has 0 atom stereocenters. The van der Waals surface area contributed by atoms with Crippen molar-refractivity contribution in [3.8, 4) is 11.8 Å². The maximum absolute atomic E-state index is 6.60. The molecule has 2 rings (SSSR count). The van der Waals surface area contributed by atoms with E-state index >= 15 is 0 Å². The van der Waals surface area contributed by atoms with Crippen LogP contribution in [0.4, 0.5) is 0 Å². The van der Waals surface area contributed by atoms with Crippen molar-refractivity contribution >= 4 is 0 Å². The largest absolute Gasteiger partial charge is 4.00 e. The Morgan fingerprint density at radius 3 is 0.609 bits per heavy atom. The molecular formula is C22H28Ti+2. The van der Waals surface area contributed by atoms with Crippen LogP contribution in [-0.4, -0.2) is 0 Å². The Balaban J connectivity index is -0.000000229. The van der Waals surface area contributed by atoms with Gasteiger partial charge >= 0.3 is 21.7 Å². The first-order chi connectivity index (χ1) is 10.1. The van der Waals surface area contributed by atoms with Crippen molar-refractivity contribution in [1.82, 2.24) is 0 Å². The monoisotopic (exact) mass is 340 g/mol. The van der Waals surface area contributed by atoms with Gasteiger partial charge in [-0.1, -0.05) is 41.5 Å². The molecule has 23 heavy (non-hydrogen) atoms. The molecule has 118 valence electrons. The molecule has 0 aromatic carbocycles. The molecule has 2 saturated carbocycles. The minimum Gasteiger partial charge on any atom is -0.693 e. The summed E-state index contributed by atoms with van der Waals surface area (Å²) in [5.41, 5.74) is -0.0833. The van der Waals surface area contributed by atoms with Gasteiger partial charge in [-0.25, -0.2) is 0 Å². The summed E-state index contributed by atoms with van der Waals surface area (Å²) in [4.78, 5) is 0. The van der Waals surface area contributed by atoms with Crippen LogP contribution in [0.15, 0.2) is 0 Å². The normalized spacial score (nSPS) is 15.8. The second kappa shape index (κ2) is 16.7. The van der Waals surface area contributed by atoms with Crippen LogP contribution in [0.5, 0.6) is 0 Å². The average molecular weight is 340 g/mol. The summed E-state index contributed by atoms with van der Waals surface area (Å²) in [6.07, 6.45) is 33.2. The molecule has 1 heteroatoms. The van der Waals surface area contributed by atoms with Crippen molar-refractivity contribution in [2.75, 3.05) is 0 Å². The molecule has 0 bridgehead atoms. The maximum Gasteiger partial charge on any atom is 4.00 e. The molecule has 2 aliphatic rings. The Morgan fingerprint density at radius 2 is 0.565 bits per heavy atom. The van der Waals surface area contributed by atoms with E-state index in [1.165, 1.54) is 0 Å². The summed E-state index contributed by atoms with van der Waals surface area (Å²) < 4.78 is 0. The Bertz CT molecular complexity index is 257. The zero-order valence-corrected chi connectivity index (χ0v) is 16.8. The first kappa shape index (κ1) is 27.7. The Hall–Kier alpha value is -0.166. The van der Waals surface area contributed by atoms with E-state index in [1.54, 1.807) is 0 Å². The van der Waals surface area contributed by atoms with Gasteiger partial charge in [0.25, 0.3) is 0 Å². The first-order valence-corrected chi connectivity index (χ1v) is 7.33. The van der Waals surface area contributed by atoms with E-state index in [-0.39, 0.29) is 32.5 Å². The van der Waals surface area contributed by atoms with E-state index in [0.29, 0.717) is 0 Å². The van der Waals surface area contributed by atoms with Crippen LogP contribution in [-0.2, 0) is 21.7 Å². The van der Waals surface area contributed by atoms with E-state index < -0.39 is 0 Å². The molecule has 0 nitrogen and oxygen atoms in total. The van der Waals surface area contributed by atoms with E-state index in [1.807, 2.05) is 106 Å². The second-order valence-electron chi connectivity index (χ2n) is 6.67. The fourth-order valence-corrected chi connectivity index (χ4v) is 0.642. The molecule has 0 unspecified atom stereocenters. The van der Waals surface area contributed by atoms with Gasteiger partial charge in [0.05, 0.1) is 0 Å². The maximum atomic E-state index is 6.60. The van der Waals surface area contributed by atoms with Crippen molar-refractivity contribution in [2.24, 2.45) is 10.8 Å². The summed E-state index contributed by atoms with van der Waals surface area (Å²) in [7, 11) is 0. The van der Waals surface area contributed by atoms with Crippen LogP contribution >= 0.6 is 0 Å². The number of hydrogen-bond acceptors (Lipinski definition) is 0. The summed E-state index contributed by atoms with van der Waals surface area (Å²) in [5.74, 6) is 4.71.